The van der Waals surface area contributed by atoms with Gasteiger partial charge in [-0.1, -0.05) is 97.1 Å². The Labute approximate surface area is 317 Å². The molecule has 0 unspecified atom stereocenters. The van der Waals surface area contributed by atoms with Gasteiger partial charge in [-0.25, -0.2) is 0 Å². The summed E-state index contributed by atoms with van der Waals surface area (Å²) in [4.78, 5) is 26.5. The third-order valence-corrected chi connectivity index (χ3v) is 9.87. The van der Waals surface area contributed by atoms with Gasteiger partial charge in [-0.2, -0.15) is 26.3 Å². The Balaban J connectivity index is 1.62. The number of halogens is 8. The highest BCUT2D eigenvalue weighted by Crippen LogP contribution is 2.59. The highest BCUT2D eigenvalue weighted by atomic mass is 79.9. The zero-order valence-electron chi connectivity index (χ0n) is 27.2. The molecule has 4 nitrogen and oxygen atoms in total. The van der Waals surface area contributed by atoms with E-state index in [1.165, 1.54) is 48.5 Å². The van der Waals surface area contributed by atoms with E-state index in [1.54, 1.807) is 72.8 Å². The lowest BCUT2D eigenvalue weighted by atomic mass is 9.71. The minimum Gasteiger partial charge on any atom is -0.320 e. The lowest BCUT2D eigenvalue weighted by Crippen LogP contribution is -2.54. The molecule has 0 aliphatic carbocycles. The van der Waals surface area contributed by atoms with Crippen molar-refractivity contribution in [1.82, 2.24) is 0 Å². The lowest BCUT2D eigenvalue weighted by molar-refractivity contribution is -0.288. The molecule has 0 spiro atoms. The molecule has 0 fully saturated rings. The van der Waals surface area contributed by atoms with Crippen LogP contribution in [0.3, 0.4) is 0 Å². The third kappa shape index (κ3) is 7.38. The molecular formula is C41H26Br2F6N2O2. The number of anilines is 2. The largest absolute Gasteiger partial charge is 0.411 e. The van der Waals surface area contributed by atoms with E-state index in [0.29, 0.717) is 0 Å². The molecule has 12 heteroatoms. The molecule has 6 aromatic rings. The van der Waals surface area contributed by atoms with E-state index >= 15 is 26.3 Å². The van der Waals surface area contributed by atoms with Gasteiger partial charge in [0, 0.05) is 31.2 Å². The molecule has 0 aromatic heterocycles. The fourth-order valence-electron chi connectivity index (χ4n) is 6.12. The molecule has 0 aliphatic rings. The molecule has 0 bridgehead atoms. The number of alkyl halides is 6. The Morgan fingerprint density at radius 1 is 0.453 bits per heavy atom. The van der Waals surface area contributed by atoms with E-state index in [2.05, 4.69) is 42.5 Å². The summed E-state index contributed by atoms with van der Waals surface area (Å²) in [6.07, 6.45) is -11.9. The van der Waals surface area contributed by atoms with Crippen molar-refractivity contribution >= 4 is 55.0 Å². The minimum atomic E-state index is -5.96. The molecule has 2 N–H and O–H groups in total. The summed E-state index contributed by atoms with van der Waals surface area (Å²) in [6, 6.07) is 34.6. The van der Waals surface area contributed by atoms with Gasteiger partial charge in [-0.05, 0) is 103 Å². The fraction of sp³-hybridized carbons (Fsp3) is 0.0732. The summed E-state index contributed by atoms with van der Waals surface area (Å²) in [5.41, 5.74) is -6.22. The van der Waals surface area contributed by atoms with Crippen molar-refractivity contribution in [2.75, 3.05) is 10.6 Å². The normalized spacial score (nSPS) is 11.9. The van der Waals surface area contributed by atoms with Gasteiger partial charge >= 0.3 is 12.4 Å². The fourth-order valence-corrected chi connectivity index (χ4v) is 7.24. The number of benzene rings is 6. The third-order valence-electron chi connectivity index (χ3n) is 8.62. The zero-order valence-corrected chi connectivity index (χ0v) is 30.4. The Morgan fingerprint density at radius 2 is 0.755 bits per heavy atom. The smallest absolute Gasteiger partial charge is 0.320 e. The maximum absolute atomic E-state index is 15.7. The maximum atomic E-state index is 15.7. The number of hydrogen-bond acceptors (Lipinski definition) is 2. The van der Waals surface area contributed by atoms with Crippen molar-refractivity contribution in [1.29, 1.82) is 0 Å². The van der Waals surface area contributed by atoms with Crippen molar-refractivity contribution in [3.63, 3.8) is 0 Å². The molecule has 0 heterocycles. The molecule has 0 radical (unpaired) electrons. The van der Waals surface area contributed by atoms with Crippen LogP contribution in [0.15, 0.2) is 155 Å². The summed E-state index contributed by atoms with van der Waals surface area (Å²) < 4.78 is 94.1. The number of rotatable bonds is 8. The van der Waals surface area contributed by atoms with E-state index in [1.807, 2.05) is 0 Å². The van der Waals surface area contributed by atoms with Gasteiger partial charge in [-0.3, -0.25) is 9.59 Å². The van der Waals surface area contributed by atoms with Crippen LogP contribution in [-0.4, -0.2) is 24.2 Å². The summed E-state index contributed by atoms with van der Waals surface area (Å²) in [7, 11) is 0. The molecule has 6 rings (SSSR count). The highest BCUT2D eigenvalue weighted by molar-refractivity contribution is 9.11. The standard InChI is InChI=1S/C41H26Br2F6N2O2/c42-33-23-29(21-31(25-13-5-1-6-14-25)35(33)50-37(52)27-17-9-3-10-18-27)39(40(44,45)46,41(47,48)49)30-22-32(26-15-7-2-8-16-26)36(34(43)24-30)51-38(53)28-19-11-4-12-20-28/h1-24H,(H,50,52)(H,51,53). The van der Waals surface area contributed by atoms with E-state index in [4.69, 9.17) is 0 Å². The Bertz CT molecular complexity index is 2100. The summed E-state index contributed by atoms with van der Waals surface area (Å²) in [5.74, 6) is -1.25. The second-order valence-electron chi connectivity index (χ2n) is 11.9. The first-order chi connectivity index (χ1) is 25.2. The number of carbonyl (C=O) groups excluding carboxylic acids is 2. The molecule has 53 heavy (non-hydrogen) atoms. The number of carbonyl (C=O) groups is 2. The Kier molecular flexibility index (Phi) is 10.7. The van der Waals surface area contributed by atoms with Crippen molar-refractivity contribution in [3.05, 3.63) is 177 Å². The quantitative estimate of drug-likeness (QED) is 0.150. The second-order valence-corrected chi connectivity index (χ2v) is 13.6. The molecular weight excluding hydrogens is 826 g/mol. The van der Waals surface area contributed by atoms with Crippen LogP contribution in [0.4, 0.5) is 37.7 Å². The van der Waals surface area contributed by atoms with E-state index in [-0.39, 0.29) is 53.7 Å². The van der Waals surface area contributed by atoms with Gasteiger partial charge < -0.3 is 10.6 Å². The first-order valence-corrected chi connectivity index (χ1v) is 17.5. The van der Waals surface area contributed by atoms with Crippen molar-refractivity contribution < 1.29 is 35.9 Å². The second kappa shape index (κ2) is 15.0. The SMILES string of the molecule is O=C(Nc1c(Br)cc(C(c2cc(Br)c(NC(=O)c3ccccc3)c(-c3ccccc3)c2)(C(F)(F)F)C(F)(F)F)cc1-c1ccccc1)c1ccccc1. The van der Waals surface area contributed by atoms with Gasteiger partial charge in [0.1, 0.15) is 0 Å². The van der Waals surface area contributed by atoms with E-state index in [0.717, 1.165) is 24.3 Å². The van der Waals surface area contributed by atoms with Crippen LogP contribution in [-0.2, 0) is 5.41 Å². The predicted octanol–water partition coefficient (Wildman–Crippen LogP) is 12.5. The average Bonchev–Trinajstić information content (AvgIpc) is 3.14. The first kappa shape index (κ1) is 37.6. The van der Waals surface area contributed by atoms with Crippen LogP contribution >= 0.6 is 31.9 Å². The molecule has 0 saturated carbocycles. The van der Waals surface area contributed by atoms with Gasteiger partial charge in [0.2, 0.25) is 5.41 Å². The molecule has 2 amide bonds. The van der Waals surface area contributed by atoms with Gasteiger partial charge in [-0.15, -0.1) is 0 Å². The van der Waals surface area contributed by atoms with Crippen molar-refractivity contribution in [3.8, 4) is 22.3 Å². The Hall–Kier alpha value is -5.20. The van der Waals surface area contributed by atoms with Gasteiger partial charge in [0.15, 0.2) is 0 Å². The average molecular weight is 852 g/mol. The molecule has 268 valence electrons. The van der Waals surface area contributed by atoms with Crippen molar-refractivity contribution in [2.24, 2.45) is 0 Å². The molecule has 0 saturated heterocycles. The molecule has 0 atom stereocenters. The van der Waals surface area contributed by atoms with Crippen LogP contribution in [0.2, 0.25) is 0 Å². The number of nitrogens with one attached hydrogen (secondary N) is 2. The molecule has 6 aromatic carbocycles. The minimum absolute atomic E-state index is 0.0304. The highest BCUT2D eigenvalue weighted by Gasteiger charge is 2.73. The van der Waals surface area contributed by atoms with E-state index < -0.39 is 40.7 Å². The van der Waals surface area contributed by atoms with Crippen LogP contribution < -0.4 is 10.6 Å². The van der Waals surface area contributed by atoms with Gasteiger partial charge in [0.05, 0.1) is 11.4 Å². The van der Waals surface area contributed by atoms with Crippen LogP contribution in [0, 0.1) is 0 Å². The number of amides is 2. The van der Waals surface area contributed by atoms with Crippen molar-refractivity contribution in [2.45, 2.75) is 17.8 Å². The van der Waals surface area contributed by atoms with Crippen LogP contribution in [0.5, 0.6) is 0 Å². The predicted molar refractivity (Wildman–Crippen MR) is 201 cm³/mol. The zero-order chi connectivity index (χ0) is 38.0. The lowest BCUT2D eigenvalue weighted by Gasteiger charge is -2.39. The van der Waals surface area contributed by atoms with Crippen LogP contribution in [0.25, 0.3) is 22.3 Å². The number of hydrogen-bond donors (Lipinski definition) is 2. The summed E-state index contributed by atoms with van der Waals surface area (Å²) >= 11 is 6.43. The summed E-state index contributed by atoms with van der Waals surface area (Å²) in [5, 5.41) is 5.34. The molecule has 0 aliphatic heterocycles. The first-order valence-electron chi connectivity index (χ1n) is 15.9. The maximum Gasteiger partial charge on any atom is 0.411 e. The van der Waals surface area contributed by atoms with Gasteiger partial charge in [0.25, 0.3) is 11.8 Å². The topological polar surface area (TPSA) is 58.2 Å². The van der Waals surface area contributed by atoms with Crippen LogP contribution in [0.1, 0.15) is 31.8 Å². The monoisotopic (exact) mass is 850 g/mol. The Morgan fingerprint density at radius 3 is 1.06 bits per heavy atom. The summed E-state index contributed by atoms with van der Waals surface area (Å²) in [6.45, 7) is 0. The van der Waals surface area contributed by atoms with E-state index in [9.17, 15) is 9.59 Å².